The first-order valence-corrected chi connectivity index (χ1v) is 11.3. The number of piperazine rings is 1. The molecule has 0 bridgehead atoms. The number of non-ortho nitro benzene ring substituents is 1. The molecule has 0 aliphatic carbocycles. The van der Waals surface area contributed by atoms with Gasteiger partial charge in [-0.1, -0.05) is 18.5 Å². The summed E-state index contributed by atoms with van der Waals surface area (Å²) in [5.41, 5.74) is 1.61. The summed E-state index contributed by atoms with van der Waals surface area (Å²) < 4.78 is 0. The van der Waals surface area contributed by atoms with Gasteiger partial charge in [0.15, 0.2) is 5.11 Å². The predicted octanol–water partition coefficient (Wildman–Crippen LogP) is 3.82. The van der Waals surface area contributed by atoms with Crippen LogP contribution in [0.2, 0.25) is 5.02 Å². The molecule has 9 nitrogen and oxygen atoms in total. The summed E-state index contributed by atoms with van der Waals surface area (Å²) in [5.74, 6) is -0.359. The van der Waals surface area contributed by atoms with Crippen molar-refractivity contribution in [1.29, 1.82) is 0 Å². The molecule has 1 aliphatic rings. The molecule has 0 spiro atoms. The summed E-state index contributed by atoms with van der Waals surface area (Å²) in [4.78, 5) is 38.8. The molecule has 2 N–H and O–H groups in total. The van der Waals surface area contributed by atoms with Crippen molar-refractivity contribution in [3.05, 3.63) is 63.2 Å². The van der Waals surface area contributed by atoms with Gasteiger partial charge in [-0.25, -0.2) is 0 Å². The highest BCUT2D eigenvalue weighted by Crippen LogP contribution is 2.23. The van der Waals surface area contributed by atoms with E-state index in [0.29, 0.717) is 25.2 Å². The Morgan fingerprint density at radius 1 is 1.12 bits per heavy atom. The van der Waals surface area contributed by atoms with Crippen LogP contribution in [0.1, 0.15) is 30.1 Å². The van der Waals surface area contributed by atoms with Crippen molar-refractivity contribution in [2.75, 3.05) is 36.4 Å². The van der Waals surface area contributed by atoms with Gasteiger partial charge < -0.3 is 15.1 Å². The molecule has 33 heavy (non-hydrogen) atoms. The van der Waals surface area contributed by atoms with Gasteiger partial charge in [0.1, 0.15) is 0 Å². The summed E-state index contributed by atoms with van der Waals surface area (Å²) >= 11 is 11.2. The Balaban J connectivity index is 1.53. The summed E-state index contributed by atoms with van der Waals surface area (Å²) in [6.45, 7) is 4.96. The average molecular weight is 490 g/mol. The highest BCUT2D eigenvalue weighted by atomic mass is 35.5. The van der Waals surface area contributed by atoms with Crippen LogP contribution in [0.4, 0.5) is 17.1 Å². The molecule has 0 saturated carbocycles. The lowest BCUT2D eigenvalue weighted by Crippen LogP contribution is -2.48. The lowest BCUT2D eigenvalue weighted by Gasteiger charge is -2.36. The van der Waals surface area contributed by atoms with Crippen molar-refractivity contribution >= 4 is 57.8 Å². The third kappa shape index (κ3) is 6.39. The molecule has 2 aromatic rings. The van der Waals surface area contributed by atoms with Gasteiger partial charge in [-0.05, 0) is 49.0 Å². The Labute approximate surface area is 201 Å². The highest BCUT2D eigenvalue weighted by molar-refractivity contribution is 7.80. The fourth-order valence-corrected chi connectivity index (χ4v) is 3.95. The zero-order valence-electron chi connectivity index (χ0n) is 18.0. The minimum Gasteiger partial charge on any atom is -0.368 e. The van der Waals surface area contributed by atoms with Crippen LogP contribution < -0.4 is 15.5 Å². The van der Waals surface area contributed by atoms with Crippen LogP contribution in [-0.2, 0) is 4.79 Å². The maximum absolute atomic E-state index is 12.4. The normalized spacial score (nSPS) is 13.4. The Hall–Kier alpha value is -3.24. The third-order valence-corrected chi connectivity index (χ3v) is 5.74. The number of nitro benzene ring substituents is 1. The molecule has 2 amide bonds. The fourth-order valence-electron chi connectivity index (χ4n) is 3.48. The molecule has 1 heterocycles. The van der Waals surface area contributed by atoms with Crippen LogP contribution in [0.5, 0.6) is 0 Å². The molecule has 174 valence electrons. The third-order valence-electron chi connectivity index (χ3n) is 5.22. The molecule has 0 radical (unpaired) electrons. The van der Waals surface area contributed by atoms with Crippen molar-refractivity contribution in [2.24, 2.45) is 0 Å². The van der Waals surface area contributed by atoms with E-state index in [1.165, 1.54) is 12.1 Å². The number of thiocarbonyl (C=S) groups is 1. The quantitative estimate of drug-likeness (QED) is 0.360. The lowest BCUT2D eigenvalue weighted by atomic mass is 10.2. The number of carbonyl (C=O) groups excluding carboxylic acids is 2. The predicted molar refractivity (Wildman–Crippen MR) is 132 cm³/mol. The second-order valence-electron chi connectivity index (χ2n) is 7.49. The first-order chi connectivity index (χ1) is 15.8. The smallest absolute Gasteiger partial charge is 0.270 e. The zero-order chi connectivity index (χ0) is 24.0. The number of anilines is 2. The Bertz CT molecular complexity index is 1060. The number of carbonyl (C=O) groups is 2. The molecule has 1 saturated heterocycles. The number of hydrogen-bond acceptors (Lipinski definition) is 6. The van der Waals surface area contributed by atoms with E-state index in [-0.39, 0.29) is 27.3 Å². The molecular formula is C22H24ClN5O4S. The lowest BCUT2D eigenvalue weighted by molar-refractivity contribution is -0.384. The number of amides is 2. The van der Waals surface area contributed by atoms with E-state index in [1.54, 1.807) is 0 Å². The van der Waals surface area contributed by atoms with E-state index in [4.69, 9.17) is 23.8 Å². The van der Waals surface area contributed by atoms with Crippen molar-refractivity contribution in [2.45, 2.75) is 19.8 Å². The minimum atomic E-state index is -0.588. The minimum absolute atomic E-state index is 0.0367. The van der Waals surface area contributed by atoms with Gasteiger partial charge in [-0.2, -0.15) is 0 Å². The van der Waals surface area contributed by atoms with Crippen LogP contribution in [-0.4, -0.2) is 52.9 Å². The van der Waals surface area contributed by atoms with Gasteiger partial charge in [0, 0.05) is 56.1 Å². The molecule has 0 aromatic heterocycles. The van der Waals surface area contributed by atoms with E-state index in [1.807, 2.05) is 36.1 Å². The van der Waals surface area contributed by atoms with Gasteiger partial charge in [0.25, 0.3) is 11.6 Å². The number of nitrogens with one attached hydrogen (secondary N) is 2. The van der Waals surface area contributed by atoms with E-state index in [0.717, 1.165) is 31.3 Å². The molecule has 1 fully saturated rings. The molecule has 3 rings (SSSR count). The van der Waals surface area contributed by atoms with Crippen molar-refractivity contribution in [1.82, 2.24) is 10.2 Å². The van der Waals surface area contributed by atoms with Crippen LogP contribution in [0.15, 0.2) is 42.5 Å². The van der Waals surface area contributed by atoms with Crippen LogP contribution in [0.25, 0.3) is 0 Å². The summed E-state index contributed by atoms with van der Waals surface area (Å²) in [5, 5.41) is 16.3. The second kappa shape index (κ2) is 11.1. The first-order valence-electron chi connectivity index (χ1n) is 10.5. The topological polar surface area (TPSA) is 108 Å². The molecule has 2 aromatic carbocycles. The second-order valence-corrected chi connectivity index (χ2v) is 8.31. The summed E-state index contributed by atoms with van der Waals surface area (Å²) in [7, 11) is 0. The van der Waals surface area contributed by atoms with Gasteiger partial charge in [-0.3, -0.25) is 25.0 Å². The fraction of sp³-hybridized carbons (Fsp3) is 0.318. The van der Waals surface area contributed by atoms with Gasteiger partial charge in [0.05, 0.1) is 15.5 Å². The van der Waals surface area contributed by atoms with Crippen LogP contribution >= 0.6 is 23.8 Å². The number of nitro groups is 1. The zero-order valence-corrected chi connectivity index (χ0v) is 19.6. The number of hydrogen-bond donors (Lipinski definition) is 2. The maximum Gasteiger partial charge on any atom is 0.270 e. The van der Waals surface area contributed by atoms with E-state index >= 15 is 0 Å². The molecular weight excluding hydrogens is 466 g/mol. The van der Waals surface area contributed by atoms with Crippen molar-refractivity contribution in [3.8, 4) is 0 Å². The first kappa shape index (κ1) is 24.4. The van der Waals surface area contributed by atoms with E-state index < -0.39 is 10.8 Å². The largest absolute Gasteiger partial charge is 0.368 e. The number of benzene rings is 2. The monoisotopic (exact) mass is 489 g/mol. The van der Waals surface area contributed by atoms with Gasteiger partial charge in [-0.15, -0.1) is 0 Å². The van der Waals surface area contributed by atoms with Crippen molar-refractivity contribution in [3.63, 3.8) is 0 Å². The number of halogens is 1. The Kier molecular flexibility index (Phi) is 8.18. The Morgan fingerprint density at radius 2 is 1.79 bits per heavy atom. The standard InChI is InChI=1S/C22H24ClN5O4S/c1-2-3-20(29)27-12-10-26(11-13-27)16-6-4-15(5-7-16)24-22(33)25-21(30)18-9-8-17(28(31)32)14-19(18)23/h4-9,14H,2-3,10-13H2,1H3,(H2,24,25,30,33). The maximum atomic E-state index is 12.4. The molecule has 0 unspecified atom stereocenters. The number of rotatable bonds is 6. The average Bonchev–Trinajstić information content (AvgIpc) is 2.79. The highest BCUT2D eigenvalue weighted by Gasteiger charge is 2.21. The molecule has 11 heteroatoms. The molecule has 1 aliphatic heterocycles. The van der Waals surface area contributed by atoms with Crippen LogP contribution in [0.3, 0.4) is 0 Å². The summed E-state index contributed by atoms with van der Waals surface area (Å²) in [6, 6.07) is 11.2. The molecule has 0 atom stereocenters. The van der Waals surface area contributed by atoms with Gasteiger partial charge in [0.2, 0.25) is 5.91 Å². The van der Waals surface area contributed by atoms with Crippen LogP contribution in [0, 0.1) is 10.1 Å². The van der Waals surface area contributed by atoms with Crippen molar-refractivity contribution < 1.29 is 14.5 Å². The SMILES string of the molecule is CCCC(=O)N1CCN(c2ccc(NC(=S)NC(=O)c3ccc([N+](=O)[O-])cc3Cl)cc2)CC1. The van der Waals surface area contributed by atoms with E-state index in [2.05, 4.69) is 15.5 Å². The Morgan fingerprint density at radius 3 is 2.36 bits per heavy atom. The summed E-state index contributed by atoms with van der Waals surface area (Å²) in [6.07, 6.45) is 1.45. The number of nitrogens with zero attached hydrogens (tertiary/aromatic N) is 3. The van der Waals surface area contributed by atoms with Gasteiger partial charge >= 0.3 is 0 Å². The van der Waals surface area contributed by atoms with E-state index in [9.17, 15) is 19.7 Å².